The van der Waals surface area contributed by atoms with E-state index in [1.165, 1.54) is 0 Å². The molecule has 0 saturated carbocycles. The monoisotopic (exact) mass is 524 g/mol. The van der Waals surface area contributed by atoms with Crippen LogP contribution in [0.4, 0.5) is 4.39 Å². The van der Waals surface area contributed by atoms with Crippen LogP contribution in [0, 0.1) is 0 Å². The van der Waals surface area contributed by atoms with Crippen LogP contribution in [0.5, 0.6) is 11.5 Å². The zero-order valence-electron chi connectivity index (χ0n) is 20.4. The first-order chi connectivity index (χ1) is 17.3. The highest BCUT2D eigenvalue weighted by Gasteiger charge is 2.39. The maximum atomic E-state index is 14.3. The molecule has 0 bridgehead atoms. The van der Waals surface area contributed by atoms with Crippen molar-refractivity contribution in [3.8, 4) is 11.5 Å². The Morgan fingerprint density at radius 2 is 1.89 bits per heavy atom. The minimum Gasteiger partial charge on any atom is -0.494 e. The number of aliphatic hydroxyl groups is 3. The van der Waals surface area contributed by atoms with Crippen LogP contribution < -0.4 is 9.47 Å². The van der Waals surface area contributed by atoms with E-state index in [9.17, 15) is 19.7 Å². The average molecular weight is 525 g/mol. The summed E-state index contributed by atoms with van der Waals surface area (Å²) in [5.41, 5.74) is 1.24. The summed E-state index contributed by atoms with van der Waals surface area (Å²) in [5, 5.41) is 30.7. The van der Waals surface area contributed by atoms with Crippen LogP contribution >= 0.6 is 11.6 Å². The maximum absolute atomic E-state index is 14.3. The van der Waals surface area contributed by atoms with Gasteiger partial charge in [0.25, 0.3) is 0 Å². The molecule has 2 fully saturated rings. The van der Waals surface area contributed by atoms with Crippen molar-refractivity contribution in [2.24, 2.45) is 0 Å². The Hall–Kier alpha value is -1.94. The van der Waals surface area contributed by atoms with Crippen LogP contribution in [0.15, 0.2) is 36.4 Å². The number of benzene rings is 2. The fraction of sp³-hybridized carbons (Fsp3) is 0.556. The van der Waals surface area contributed by atoms with Gasteiger partial charge in [-0.3, -0.25) is 0 Å². The summed E-state index contributed by atoms with van der Waals surface area (Å²) in [4.78, 5) is 0. The molecule has 0 amide bonds. The van der Waals surface area contributed by atoms with Crippen LogP contribution in [-0.4, -0.2) is 72.3 Å². The van der Waals surface area contributed by atoms with Crippen molar-refractivity contribution < 1.29 is 38.7 Å². The zero-order valence-corrected chi connectivity index (χ0v) is 21.1. The Kier molecular flexibility index (Phi) is 9.09. The molecule has 4 rings (SSSR count). The molecule has 0 aromatic heterocycles. The third kappa shape index (κ3) is 6.49. The van der Waals surface area contributed by atoms with Gasteiger partial charge in [0.15, 0.2) is 5.67 Å². The quantitative estimate of drug-likeness (QED) is 0.385. The van der Waals surface area contributed by atoms with Crippen LogP contribution in [0.2, 0.25) is 5.02 Å². The van der Waals surface area contributed by atoms with Gasteiger partial charge >= 0.3 is 0 Å². The predicted molar refractivity (Wildman–Crippen MR) is 133 cm³/mol. The van der Waals surface area contributed by atoms with E-state index in [-0.39, 0.29) is 26.2 Å². The van der Waals surface area contributed by atoms with Crippen LogP contribution in [0.25, 0.3) is 0 Å². The lowest BCUT2D eigenvalue weighted by Gasteiger charge is -2.37. The van der Waals surface area contributed by atoms with E-state index in [0.717, 1.165) is 16.9 Å². The smallest absolute Gasteiger partial charge is 0.157 e. The number of rotatable bonds is 11. The van der Waals surface area contributed by atoms with Gasteiger partial charge in [0.05, 0.1) is 45.2 Å². The van der Waals surface area contributed by atoms with Gasteiger partial charge < -0.3 is 34.3 Å². The summed E-state index contributed by atoms with van der Waals surface area (Å²) >= 11 is 6.64. The Balaban J connectivity index is 1.55. The summed E-state index contributed by atoms with van der Waals surface area (Å²) in [6.07, 6.45) is -2.30. The second kappa shape index (κ2) is 12.1. The van der Waals surface area contributed by atoms with Crippen molar-refractivity contribution in [3.63, 3.8) is 0 Å². The predicted octanol–water partition coefficient (Wildman–Crippen LogP) is 3.77. The average Bonchev–Trinajstić information content (AvgIpc) is 2.85. The molecule has 9 heteroatoms. The molecule has 2 aromatic carbocycles. The van der Waals surface area contributed by atoms with Crippen molar-refractivity contribution in [1.29, 1.82) is 0 Å². The summed E-state index contributed by atoms with van der Waals surface area (Å²) in [6, 6.07) is 11.4. The molecule has 2 aliphatic heterocycles. The Morgan fingerprint density at radius 3 is 2.53 bits per heavy atom. The van der Waals surface area contributed by atoms with E-state index >= 15 is 0 Å². The van der Waals surface area contributed by atoms with Gasteiger partial charge in [-0.05, 0) is 61.6 Å². The lowest BCUT2D eigenvalue weighted by molar-refractivity contribution is -0.181. The molecule has 2 saturated heterocycles. The first kappa shape index (κ1) is 27.1. The summed E-state index contributed by atoms with van der Waals surface area (Å²) < 4.78 is 36.7. The molecule has 0 aliphatic carbocycles. The molecule has 0 radical (unpaired) electrons. The van der Waals surface area contributed by atoms with E-state index in [0.29, 0.717) is 42.2 Å². The van der Waals surface area contributed by atoms with Crippen molar-refractivity contribution in [3.05, 3.63) is 58.1 Å². The van der Waals surface area contributed by atoms with Crippen LogP contribution in [-0.2, 0) is 15.9 Å². The highest BCUT2D eigenvalue weighted by Crippen LogP contribution is 2.40. The van der Waals surface area contributed by atoms with Crippen LogP contribution in [0.1, 0.15) is 49.0 Å². The van der Waals surface area contributed by atoms with Crippen molar-refractivity contribution in [2.45, 2.75) is 62.7 Å². The number of aliphatic hydroxyl groups excluding tert-OH is 3. The number of ether oxygens (including phenoxy) is 4. The summed E-state index contributed by atoms with van der Waals surface area (Å²) in [7, 11) is 0. The fourth-order valence-corrected chi connectivity index (χ4v) is 4.79. The van der Waals surface area contributed by atoms with Gasteiger partial charge in [-0.2, -0.15) is 0 Å². The largest absolute Gasteiger partial charge is 0.494 e. The number of alkyl halides is 1. The molecule has 4 atom stereocenters. The summed E-state index contributed by atoms with van der Waals surface area (Å²) in [6.45, 7) is 2.59. The molecular formula is C27H34ClFO7. The molecule has 0 spiro atoms. The third-order valence-corrected chi connectivity index (χ3v) is 7.00. The molecule has 198 valence electrons. The fourth-order valence-electron chi connectivity index (χ4n) is 4.56. The van der Waals surface area contributed by atoms with Gasteiger partial charge in [0, 0.05) is 17.0 Å². The summed E-state index contributed by atoms with van der Waals surface area (Å²) in [5.74, 6) is 1.26. The van der Waals surface area contributed by atoms with E-state index in [4.69, 9.17) is 30.5 Å². The minimum atomic E-state index is -1.29. The number of halogens is 2. The Morgan fingerprint density at radius 1 is 1.14 bits per heavy atom. The van der Waals surface area contributed by atoms with Crippen molar-refractivity contribution in [2.75, 3.05) is 33.0 Å². The van der Waals surface area contributed by atoms with E-state index < -0.39 is 36.7 Å². The van der Waals surface area contributed by atoms with Gasteiger partial charge in [-0.15, -0.1) is 0 Å². The molecule has 4 unspecified atom stereocenters. The van der Waals surface area contributed by atoms with E-state index in [1.54, 1.807) is 6.07 Å². The Labute approximate surface area is 215 Å². The SMILES string of the molecule is CCOc1ccc(Cc2cc(C3CC(O)C(O)C(CO)O3)c(OCCCC3(F)COC3)cc2Cl)cc1. The zero-order chi connectivity index (χ0) is 25.7. The van der Waals surface area contributed by atoms with Gasteiger partial charge in [0.2, 0.25) is 0 Å². The minimum absolute atomic E-state index is 0.114. The molecule has 2 heterocycles. The number of hydrogen-bond acceptors (Lipinski definition) is 7. The lowest BCUT2D eigenvalue weighted by atomic mass is 9.91. The molecule has 2 aromatic rings. The van der Waals surface area contributed by atoms with Gasteiger partial charge in [-0.25, -0.2) is 4.39 Å². The van der Waals surface area contributed by atoms with Crippen molar-refractivity contribution >= 4 is 11.6 Å². The first-order valence-electron chi connectivity index (χ1n) is 12.4. The van der Waals surface area contributed by atoms with Gasteiger partial charge in [0.1, 0.15) is 23.7 Å². The van der Waals surface area contributed by atoms with E-state index in [2.05, 4.69) is 0 Å². The first-order valence-corrected chi connectivity index (χ1v) is 12.8. The van der Waals surface area contributed by atoms with Gasteiger partial charge in [-0.1, -0.05) is 23.7 Å². The molecule has 3 N–H and O–H groups in total. The highest BCUT2D eigenvalue weighted by molar-refractivity contribution is 6.31. The molecule has 2 aliphatic rings. The standard InChI is InChI=1S/C27H34ClFO7/c1-2-34-19-6-4-17(5-7-19)10-18-11-20(24-13-22(31)26(32)25(14-30)36-24)23(12-21(18)28)35-9-3-8-27(29)15-33-16-27/h4-7,11-12,22,24-26,30-32H,2-3,8-10,13-16H2,1H3. The molecule has 36 heavy (non-hydrogen) atoms. The second-order valence-electron chi connectivity index (χ2n) is 9.47. The highest BCUT2D eigenvalue weighted by atomic mass is 35.5. The van der Waals surface area contributed by atoms with Crippen molar-refractivity contribution in [1.82, 2.24) is 0 Å². The number of hydrogen-bond donors (Lipinski definition) is 3. The van der Waals surface area contributed by atoms with Crippen LogP contribution in [0.3, 0.4) is 0 Å². The Bertz CT molecular complexity index is 998. The lowest BCUT2D eigenvalue weighted by Crippen LogP contribution is -2.47. The molecular weight excluding hydrogens is 491 g/mol. The van der Waals surface area contributed by atoms with E-state index in [1.807, 2.05) is 37.3 Å². The third-order valence-electron chi connectivity index (χ3n) is 6.65. The second-order valence-corrected chi connectivity index (χ2v) is 9.88. The maximum Gasteiger partial charge on any atom is 0.157 e. The normalized spacial score (nSPS) is 25.3. The molecule has 7 nitrogen and oxygen atoms in total. The topological polar surface area (TPSA) is 97.6 Å².